The van der Waals surface area contributed by atoms with Gasteiger partial charge >= 0.3 is 0 Å². The highest BCUT2D eigenvalue weighted by molar-refractivity contribution is 5.29. The third-order valence-electron chi connectivity index (χ3n) is 3.26. The number of benzene rings is 2. The summed E-state index contributed by atoms with van der Waals surface area (Å²) in [6, 6.07) is 17.9. The zero-order valence-corrected chi connectivity index (χ0v) is 11.5. The van der Waals surface area contributed by atoms with Crippen LogP contribution >= 0.6 is 0 Å². The Morgan fingerprint density at radius 3 is 2.00 bits per heavy atom. The van der Waals surface area contributed by atoms with Gasteiger partial charge in [0, 0.05) is 0 Å². The van der Waals surface area contributed by atoms with E-state index in [1.165, 1.54) is 5.56 Å². The molecule has 0 N–H and O–H groups in total. The lowest BCUT2D eigenvalue weighted by Gasteiger charge is -2.11. The summed E-state index contributed by atoms with van der Waals surface area (Å²) >= 11 is 0. The van der Waals surface area contributed by atoms with Crippen LogP contribution in [0.15, 0.2) is 54.6 Å². The normalized spacial score (nSPS) is 11.9. The summed E-state index contributed by atoms with van der Waals surface area (Å²) in [5, 5.41) is 0. The molecule has 1 atom stereocenters. The molecular formula is C17H20O2. The van der Waals surface area contributed by atoms with E-state index in [-0.39, 0.29) is 6.79 Å². The lowest BCUT2D eigenvalue weighted by Crippen LogP contribution is -2.05. The van der Waals surface area contributed by atoms with Crippen LogP contribution in [0.1, 0.15) is 31.7 Å². The standard InChI is InChI=1S/C17H20O2/c1-3-14(2)15-9-11-17(12-10-15)19-13-18-16-7-5-4-6-8-16/h4-12,14H,3,13H2,1-2H3. The minimum atomic E-state index is 0.229. The lowest BCUT2D eigenvalue weighted by atomic mass is 9.99. The topological polar surface area (TPSA) is 18.5 Å². The van der Waals surface area contributed by atoms with Crippen LogP contribution in [0.2, 0.25) is 0 Å². The molecule has 0 amide bonds. The smallest absolute Gasteiger partial charge is 0.230 e. The third-order valence-corrected chi connectivity index (χ3v) is 3.26. The molecule has 100 valence electrons. The van der Waals surface area contributed by atoms with E-state index in [1.54, 1.807) is 0 Å². The van der Waals surface area contributed by atoms with Gasteiger partial charge in [0.25, 0.3) is 0 Å². The molecule has 0 saturated carbocycles. The number of rotatable bonds is 6. The van der Waals surface area contributed by atoms with Crippen molar-refractivity contribution in [1.29, 1.82) is 0 Å². The second-order valence-corrected chi connectivity index (χ2v) is 4.60. The van der Waals surface area contributed by atoms with Gasteiger partial charge in [0.1, 0.15) is 11.5 Å². The van der Waals surface area contributed by atoms with E-state index in [0.29, 0.717) is 5.92 Å². The van der Waals surface area contributed by atoms with Crippen molar-refractivity contribution in [1.82, 2.24) is 0 Å². The first-order valence-corrected chi connectivity index (χ1v) is 6.70. The highest BCUT2D eigenvalue weighted by Gasteiger charge is 2.02. The molecule has 0 aliphatic heterocycles. The van der Waals surface area contributed by atoms with E-state index in [0.717, 1.165) is 17.9 Å². The van der Waals surface area contributed by atoms with Crippen LogP contribution in [0, 0.1) is 0 Å². The predicted octanol–water partition coefficient (Wildman–Crippen LogP) is 4.62. The summed E-state index contributed by atoms with van der Waals surface area (Å²) in [4.78, 5) is 0. The highest BCUT2D eigenvalue weighted by atomic mass is 16.7. The van der Waals surface area contributed by atoms with E-state index in [9.17, 15) is 0 Å². The van der Waals surface area contributed by atoms with Gasteiger partial charge < -0.3 is 9.47 Å². The highest BCUT2D eigenvalue weighted by Crippen LogP contribution is 2.21. The van der Waals surface area contributed by atoms with Crippen LogP contribution in [0.25, 0.3) is 0 Å². The molecule has 0 spiro atoms. The quantitative estimate of drug-likeness (QED) is 0.702. The van der Waals surface area contributed by atoms with Crippen LogP contribution in [-0.2, 0) is 0 Å². The molecule has 1 unspecified atom stereocenters. The minimum absolute atomic E-state index is 0.229. The number of para-hydroxylation sites is 1. The zero-order chi connectivity index (χ0) is 13.5. The van der Waals surface area contributed by atoms with Crippen molar-refractivity contribution in [2.75, 3.05) is 6.79 Å². The molecule has 0 aromatic heterocycles. The molecule has 19 heavy (non-hydrogen) atoms. The van der Waals surface area contributed by atoms with Crippen LogP contribution in [-0.4, -0.2) is 6.79 Å². The molecule has 0 bridgehead atoms. The van der Waals surface area contributed by atoms with Crippen LogP contribution < -0.4 is 9.47 Å². The Balaban J connectivity index is 1.83. The SMILES string of the molecule is CCC(C)c1ccc(OCOc2ccccc2)cc1. The maximum atomic E-state index is 5.56. The minimum Gasteiger partial charge on any atom is -0.458 e. The number of ether oxygens (including phenoxy) is 2. The second kappa shape index (κ2) is 6.83. The first kappa shape index (κ1) is 13.5. The van der Waals surface area contributed by atoms with Gasteiger partial charge in [0.15, 0.2) is 0 Å². The van der Waals surface area contributed by atoms with Crippen LogP contribution in [0.5, 0.6) is 11.5 Å². The Kier molecular flexibility index (Phi) is 4.85. The molecular weight excluding hydrogens is 236 g/mol. The Morgan fingerprint density at radius 1 is 0.842 bits per heavy atom. The third kappa shape index (κ3) is 4.02. The summed E-state index contributed by atoms with van der Waals surface area (Å²) in [7, 11) is 0. The first-order chi connectivity index (χ1) is 9.29. The van der Waals surface area contributed by atoms with E-state index in [1.807, 2.05) is 42.5 Å². The van der Waals surface area contributed by atoms with Crippen LogP contribution in [0.3, 0.4) is 0 Å². The fourth-order valence-electron chi connectivity index (χ4n) is 1.81. The molecule has 2 aromatic carbocycles. The largest absolute Gasteiger partial charge is 0.458 e. The van der Waals surface area contributed by atoms with Gasteiger partial charge in [-0.1, -0.05) is 44.2 Å². The molecule has 0 aliphatic carbocycles. The van der Waals surface area contributed by atoms with Crippen molar-refractivity contribution in [3.8, 4) is 11.5 Å². The van der Waals surface area contributed by atoms with Gasteiger partial charge in [-0.05, 0) is 42.2 Å². The van der Waals surface area contributed by atoms with E-state index < -0.39 is 0 Å². The molecule has 2 heteroatoms. The van der Waals surface area contributed by atoms with Gasteiger partial charge in [0.05, 0.1) is 0 Å². The van der Waals surface area contributed by atoms with E-state index in [4.69, 9.17) is 9.47 Å². The second-order valence-electron chi connectivity index (χ2n) is 4.60. The molecule has 0 aliphatic rings. The number of hydrogen-bond acceptors (Lipinski definition) is 2. The Labute approximate surface area is 115 Å². The molecule has 2 nitrogen and oxygen atoms in total. The average molecular weight is 256 g/mol. The Bertz CT molecular complexity index is 476. The van der Waals surface area contributed by atoms with Crippen molar-refractivity contribution in [2.45, 2.75) is 26.2 Å². The lowest BCUT2D eigenvalue weighted by molar-refractivity contribution is 0.120. The molecule has 0 radical (unpaired) electrons. The Hall–Kier alpha value is -1.96. The van der Waals surface area contributed by atoms with Crippen LogP contribution in [0.4, 0.5) is 0 Å². The monoisotopic (exact) mass is 256 g/mol. The van der Waals surface area contributed by atoms with Crippen molar-refractivity contribution in [2.24, 2.45) is 0 Å². The van der Waals surface area contributed by atoms with Gasteiger partial charge in [0.2, 0.25) is 6.79 Å². The summed E-state index contributed by atoms with van der Waals surface area (Å²) in [5.41, 5.74) is 1.35. The predicted molar refractivity (Wildman–Crippen MR) is 77.7 cm³/mol. The first-order valence-electron chi connectivity index (χ1n) is 6.70. The van der Waals surface area contributed by atoms with Crippen molar-refractivity contribution in [3.05, 3.63) is 60.2 Å². The molecule has 0 saturated heterocycles. The van der Waals surface area contributed by atoms with Crippen molar-refractivity contribution < 1.29 is 9.47 Å². The van der Waals surface area contributed by atoms with E-state index >= 15 is 0 Å². The summed E-state index contributed by atoms with van der Waals surface area (Å²) < 4.78 is 11.0. The Morgan fingerprint density at radius 2 is 1.42 bits per heavy atom. The maximum Gasteiger partial charge on any atom is 0.230 e. The van der Waals surface area contributed by atoms with Gasteiger partial charge in [-0.2, -0.15) is 0 Å². The van der Waals surface area contributed by atoms with Gasteiger partial charge in [-0.3, -0.25) is 0 Å². The maximum absolute atomic E-state index is 5.56. The van der Waals surface area contributed by atoms with Gasteiger partial charge in [-0.25, -0.2) is 0 Å². The summed E-state index contributed by atoms with van der Waals surface area (Å²) in [6.07, 6.45) is 1.15. The molecule has 0 heterocycles. The van der Waals surface area contributed by atoms with Crippen molar-refractivity contribution in [3.63, 3.8) is 0 Å². The number of hydrogen-bond donors (Lipinski definition) is 0. The summed E-state index contributed by atoms with van der Waals surface area (Å²) in [5.74, 6) is 2.25. The molecule has 2 aromatic rings. The molecule has 2 rings (SSSR count). The fourth-order valence-corrected chi connectivity index (χ4v) is 1.81. The van der Waals surface area contributed by atoms with Crippen molar-refractivity contribution >= 4 is 0 Å². The zero-order valence-electron chi connectivity index (χ0n) is 11.5. The average Bonchev–Trinajstić information content (AvgIpc) is 2.48. The van der Waals surface area contributed by atoms with Gasteiger partial charge in [-0.15, -0.1) is 0 Å². The fraction of sp³-hybridized carbons (Fsp3) is 0.294. The molecule has 0 fully saturated rings. The van der Waals surface area contributed by atoms with E-state index in [2.05, 4.69) is 26.0 Å². The summed E-state index contributed by atoms with van der Waals surface area (Å²) in [6.45, 7) is 4.66.